The monoisotopic (exact) mass is 416 g/mol. The number of amides is 2. The van der Waals surface area contributed by atoms with Gasteiger partial charge < -0.3 is 9.80 Å². The average Bonchev–Trinajstić information content (AvgIpc) is 3.03. The molecule has 0 aromatic heterocycles. The number of piperidine rings is 1. The number of rotatable bonds is 4. The molecule has 29 heavy (non-hydrogen) atoms. The lowest BCUT2D eigenvalue weighted by Gasteiger charge is -2.44. The van der Waals surface area contributed by atoms with Gasteiger partial charge in [0.25, 0.3) is 5.91 Å². The fourth-order valence-corrected chi connectivity index (χ4v) is 6.35. The number of carbonyl (C=O) groups excluding carboxylic acids is 2. The first-order chi connectivity index (χ1) is 13.6. The lowest BCUT2D eigenvalue weighted by Crippen LogP contribution is -2.53. The predicted molar refractivity (Wildman–Crippen MR) is 121 cm³/mol. The minimum atomic E-state index is -0.144. The van der Waals surface area contributed by atoms with Crippen molar-refractivity contribution < 1.29 is 9.59 Å². The van der Waals surface area contributed by atoms with Gasteiger partial charge in [0.2, 0.25) is 5.91 Å². The van der Waals surface area contributed by atoms with Crippen LogP contribution in [0.15, 0.2) is 24.3 Å². The zero-order chi connectivity index (χ0) is 21.2. The highest BCUT2D eigenvalue weighted by Gasteiger charge is 2.47. The molecule has 0 radical (unpaired) electrons. The van der Waals surface area contributed by atoms with Crippen LogP contribution in [0.3, 0.4) is 0 Å². The zero-order valence-electron chi connectivity index (χ0n) is 18.7. The van der Waals surface area contributed by atoms with Gasteiger partial charge in [-0.25, -0.2) is 0 Å². The van der Waals surface area contributed by atoms with E-state index >= 15 is 0 Å². The normalized spacial score (nSPS) is 20.2. The second kappa shape index (κ2) is 8.71. The van der Waals surface area contributed by atoms with Crippen molar-refractivity contribution in [2.45, 2.75) is 65.2 Å². The Morgan fingerprint density at radius 2 is 1.86 bits per heavy atom. The molecule has 0 N–H and O–H groups in total. The first-order valence-corrected chi connectivity index (χ1v) is 11.9. The van der Waals surface area contributed by atoms with Crippen LogP contribution in [0.4, 0.5) is 0 Å². The summed E-state index contributed by atoms with van der Waals surface area (Å²) in [7, 11) is 0. The van der Waals surface area contributed by atoms with Gasteiger partial charge in [0.15, 0.2) is 0 Å². The molecule has 1 aromatic rings. The number of hydrogen-bond donors (Lipinski definition) is 0. The molecule has 2 aliphatic heterocycles. The van der Waals surface area contributed by atoms with Crippen LogP contribution in [-0.4, -0.2) is 51.9 Å². The highest BCUT2D eigenvalue weighted by Crippen LogP contribution is 2.44. The van der Waals surface area contributed by atoms with Crippen LogP contribution in [0.5, 0.6) is 0 Å². The number of aryl methyl sites for hydroxylation is 1. The van der Waals surface area contributed by atoms with Gasteiger partial charge in [0.05, 0.1) is 4.87 Å². The molecule has 5 heteroatoms. The quantitative estimate of drug-likeness (QED) is 0.696. The van der Waals surface area contributed by atoms with Crippen molar-refractivity contribution in [3.8, 4) is 0 Å². The summed E-state index contributed by atoms with van der Waals surface area (Å²) >= 11 is 1.90. The number of benzene rings is 1. The lowest BCUT2D eigenvalue weighted by molar-refractivity contribution is -0.133. The predicted octanol–water partition coefficient (Wildman–Crippen LogP) is 4.97. The Morgan fingerprint density at radius 3 is 2.48 bits per heavy atom. The third kappa shape index (κ3) is 5.36. The van der Waals surface area contributed by atoms with Crippen LogP contribution < -0.4 is 0 Å². The molecule has 2 amide bonds. The number of nitrogens with zero attached hydrogens (tertiary/aromatic N) is 2. The fourth-order valence-electron chi connectivity index (χ4n) is 4.89. The van der Waals surface area contributed by atoms with Gasteiger partial charge in [-0.1, -0.05) is 45.4 Å². The molecule has 1 unspecified atom stereocenters. The summed E-state index contributed by atoms with van der Waals surface area (Å²) in [5, 5.41) is 0. The van der Waals surface area contributed by atoms with Crippen molar-refractivity contribution in [2.24, 2.45) is 11.3 Å². The molecule has 0 bridgehead atoms. The number of likely N-dealkylation sites (tertiary alicyclic amines) is 1. The maximum Gasteiger partial charge on any atom is 0.255 e. The smallest absolute Gasteiger partial charge is 0.255 e. The third-order valence-corrected chi connectivity index (χ3v) is 7.62. The summed E-state index contributed by atoms with van der Waals surface area (Å²) in [5.41, 5.74) is 2.14. The molecule has 2 heterocycles. The van der Waals surface area contributed by atoms with Gasteiger partial charge in [-0.15, -0.1) is 11.8 Å². The molecule has 3 rings (SSSR count). The average molecular weight is 417 g/mol. The molecule has 0 saturated carbocycles. The molecule has 2 aliphatic rings. The van der Waals surface area contributed by atoms with E-state index in [2.05, 4.69) is 32.6 Å². The van der Waals surface area contributed by atoms with E-state index < -0.39 is 0 Å². The maximum absolute atomic E-state index is 13.2. The summed E-state index contributed by atoms with van der Waals surface area (Å²) in [6.45, 7) is 13.2. The largest absolute Gasteiger partial charge is 0.342 e. The van der Waals surface area contributed by atoms with Gasteiger partial charge in [-0.05, 0) is 49.7 Å². The lowest BCUT2D eigenvalue weighted by atomic mass is 9.84. The number of thioether (sulfide) groups is 1. The Morgan fingerprint density at radius 1 is 1.17 bits per heavy atom. The maximum atomic E-state index is 13.2. The number of hydrogen-bond acceptors (Lipinski definition) is 3. The van der Waals surface area contributed by atoms with Crippen molar-refractivity contribution in [2.75, 3.05) is 25.4 Å². The van der Waals surface area contributed by atoms with Crippen LogP contribution in [0.2, 0.25) is 0 Å². The van der Waals surface area contributed by atoms with Gasteiger partial charge in [-0.3, -0.25) is 9.59 Å². The zero-order valence-corrected chi connectivity index (χ0v) is 19.5. The second-order valence-electron chi connectivity index (χ2n) is 10.1. The first kappa shape index (κ1) is 22.2. The standard InChI is InChI=1S/C24H36N2O2S/c1-18-7-6-8-20(15-18)22(28)26-13-14-29-24(26)9-11-25(12-10-24)21(27)16-19(2)17-23(3,4)5/h6-8,15,19H,9-14,16-17H2,1-5H3. The molecule has 2 saturated heterocycles. The molecule has 0 aliphatic carbocycles. The van der Waals surface area contributed by atoms with E-state index in [4.69, 9.17) is 0 Å². The Kier molecular flexibility index (Phi) is 6.67. The van der Waals surface area contributed by atoms with Gasteiger partial charge in [0, 0.05) is 37.4 Å². The van der Waals surface area contributed by atoms with Crippen molar-refractivity contribution in [3.63, 3.8) is 0 Å². The van der Waals surface area contributed by atoms with Gasteiger partial charge >= 0.3 is 0 Å². The second-order valence-corrected chi connectivity index (χ2v) is 11.5. The molecular weight excluding hydrogens is 380 g/mol. The fraction of sp³-hybridized carbons (Fsp3) is 0.667. The molecule has 1 atom stereocenters. The van der Waals surface area contributed by atoms with Crippen LogP contribution >= 0.6 is 11.8 Å². The van der Waals surface area contributed by atoms with E-state index in [1.807, 2.05) is 47.9 Å². The highest BCUT2D eigenvalue weighted by atomic mass is 32.2. The van der Waals surface area contributed by atoms with E-state index in [9.17, 15) is 9.59 Å². The topological polar surface area (TPSA) is 40.6 Å². The van der Waals surface area contributed by atoms with E-state index in [-0.39, 0.29) is 22.1 Å². The van der Waals surface area contributed by atoms with Crippen LogP contribution in [0.25, 0.3) is 0 Å². The van der Waals surface area contributed by atoms with Gasteiger partial charge in [0.1, 0.15) is 0 Å². The molecule has 1 aromatic carbocycles. The van der Waals surface area contributed by atoms with Crippen molar-refractivity contribution in [3.05, 3.63) is 35.4 Å². The van der Waals surface area contributed by atoms with Crippen LogP contribution in [-0.2, 0) is 4.79 Å². The Hall–Kier alpha value is -1.49. The summed E-state index contributed by atoms with van der Waals surface area (Å²) < 4.78 is 0. The highest BCUT2D eigenvalue weighted by molar-refractivity contribution is 8.00. The van der Waals surface area contributed by atoms with Crippen molar-refractivity contribution in [1.29, 1.82) is 0 Å². The molecular formula is C24H36N2O2S. The third-order valence-electron chi connectivity index (χ3n) is 6.07. The molecule has 160 valence electrons. The Balaban J connectivity index is 1.61. The van der Waals surface area contributed by atoms with Crippen molar-refractivity contribution >= 4 is 23.6 Å². The minimum Gasteiger partial charge on any atom is -0.342 e. The molecule has 1 spiro atoms. The molecule has 4 nitrogen and oxygen atoms in total. The summed E-state index contributed by atoms with van der Waals surface area (Å²) in [6, 6.07) is 7.88. The van der Waals surface area contributed by atoms with Crippen LogP contribution in [0, 0.1) is 18.3 Å². The summed E-state index contributed by atoms with van der Waals surface area (Å²) in [5.74, 6) is 1.79. The van der Waals surface area contributed by atoms with Crippen molar-refractivity contribution in [1.82, 2.24) is 9.80 Å². The summed E-state index contributed by atoms with van der Waals surface area (Å²) in [4.78, 5) is 30.0. The Bertz CT molecular complexity index is 747. The molecule has 2 fully saturated rings. The van der Waals surface area contributed by atoms with Gasteiger partial charge in [-0.2, -0.15) is 0 Å². The minimum absolute atomic E-state index is 0.136. The van der Waals surface area contributed by atoms with E-state index in [0.29, 0.717) is 12.3 Å². The van der Waals surface area contributed by atoms with Crippen LogP contribution in [0.1, 0.15) is 69.3 Å². The number of carbonyl (C=O) groups is 2. The van der Waals surface area contributed by atoms with E-state index in [1.165, 1.54) is 0 Å². The summed E-state index contributed by atoms with van der Waals surface area (Å²) in [6.07, 6.45) is 3.43. The van der Waals surface area contributed by atoms with E-state index in [0.717, 1.165) is 55.8 Å². The van der Waals surface area contributed by atoms with E-state index in [1.54, 1.807) is 0 Å². The first-order valence-electron chi connectivity index (χ1n) is 10.9. The SMILES string of the molecule is Cc1cccc(C(=O)N2CCSC23CCN(C(=O)CC(C)CC(C)(C)C)CC3)c1. The Labute approximate surface area is 180 Å².